The summed E-state index contributed by atoms with van der Waals surface area (Å²) in [5.41, 5.74) is 0.928. The molecule has 0 radical (unpaired) electrons. The van der Waals surface area contributed by atoms with Crippen molar-refractivity contribution in [2.75, 3.05) is 5.75 Å². The Labute approximate surface area is 104 Å². The molecule has 0 amide bonds. The van der Waals surface area contributed by atoms with E-state index >= 15 is 0 Å². The number of aliphatic hydroxyl groups excluding tert-OH is 1. The molecule has 0 aliphatic rings. The lowest BCUT2D eigenvalue weighted by molar-refractivity contribution is 0.272. The molecule has 0 saturated heterocycles. The van der Waals surface area contributed by atoms with E-state index in [1.54, 1.807) is 23.1 Å². The van der Waals surface area contributed by atoms with Gasteiger partial charge in [-0.15, -0.1) is 23.1 Å². The Morgan fingerprint density at radius 2 is 2.38 bits per heavy atom. The number of thioether (sulfide) groups is 1. The van der Waals surface area contributed by atoms with Crippen LogP contribution in [0.2, 0.25) is 0 Å². The Kier molecular flexibility index (Phi) is 4.26. The predicted molar refractivity (Wildman–Crippen MR) is 69.2 cm³/mol. The van der Waals surface area contributed by atoms with Crippen molar-refractivity contribution in [2.24, 2.45) is 0 Å². The van der Waals surface area contributed by atoms with E-state index in [9.17, 15) is 5.11 Å². The van der Waals surface area contributed by atoms with Crippen molar-refractivity contribution in [1.82, 2.24) is 9.38 Å². The van der Waals surface area contributed by atoms with Gasteiger partial charge in [0, 0.05) is 11.6 Å². The van der Waals surface area contributed by atoms with Gasteiger partial charge < -0.3 is 5.11 Å². The van der Waals surface area contributed by atoms with E-state index in [0.29, 0.717) is 0 Å². The number of aliphatic hydroxyl groups is 1. The Morgan fingerprint density at radius 3 is 3.12 bits per heavy atom. The zero-order chi connectivity index (χ0) is 11.4. The van der Waals surface area contributed by atoms with E-state index in [4.69, 9.17) is 0 Å². The van der Waals surface area contributed by atoms with Crippen molar-refractivity contribution >= 4 is 28.1 Å². The molecule has 2 aromatic rings. The summed E-state index contributed by atoms with van der Waals surface area (Å²) in [5, 5.41) is 12.3. The second-order valence-electron chi connectivity index (χ2n) is 3.63. The molecule has 0 bridgehead atoms. The molecule has 0 atom stereocenters. The first-order valence-corrected chi connectivity index (χ1v) is 7.41. The molecule has 16 heavy (non-hydrogen) atoms. The molecule has 0 aromatic carbocycles. The monoisotopic (exact) mass is 256 g/mol. The first-order chi connectivity index (χ1) is 7.86. The van der Waals surface area contributed by atoms with Gasteiger partial charge in [-0.3, -0.25) is 4.40 Å². The first-order valence-electron chi connectivity index (χ1n) is 5.55. The molecule has 2 rings (SSSR count). The molecule has 88 valence electrons. The van der Waals surface area contributed by atoms with Gasteiger partial charge in [0.1, 0.15) is 5.03 Å². The van der Waals surface area contributed by atoms with Crippen LogP contribution in [0.1, 0.15) is 31.9 Å². The second kappa shape index (κ2) is 5.70. The minimum Gasteiger partial charge on any atom is -0.390 e. The largest absolute Gasteiger partial charge is 0.390 e. The third-order valence-electron chi connectivity index (χ3n) is 2.46. The molecule has 2 heterocycles. The number of nitrogens with zero attached hydrogens (tertiary/aromatic N) is 2. The van der Waals surface area contributed by atoms with E-state index in [2.05, 4.69) is 11.9 Å². The van der Waals surface area contributed by atoms with Crippen LogP contribution in [0.25, 0.3) is 4.96 Å². The van der Waals surface area contributed by atoms with Crippen LogP contribution in [0.15, 0.2) is 16.6 Å². The van der Waals surface area contributed by atoms with E-state index in [-0.39, 0.29) is 6.61 Å². The highest BCUT2D eigenvalue weighted by Crippen LogP contribution is 2.26. The van der Waals surface area contributed by atoms with Crippen LogP contribution in [0.3, 0.4) is 0 Å². The minimum absolute atomic E-state index is 0.0635. The first kappa shape index (κ1) is 12.0. The molecule has 0 spiro atoms. The molecule has 0 saturated carbocycles. The number of aromatic nitrogens is 2. The fraction of sp³-hybridized carbons (Fsp3) is 0.545. The van der Waals surface area contributed by atoms with Gasteiger partial charge in [0.05, 0.1) is 12.3 Å². The van der Waals surface area contributed by atoms with Crippen LogP contribution in [-0.2, 0) is 6.61 Å². The maximum atomic E-state index is 9.36. The van der Waals surface area contributed by atoms with Gasteiger partial charge in [0.15, 0.2) is 4.96 Å². The lowest BCUT2D eigenvalue weighted by Gasteiger charge is -2.00. The molecule has 1 N–H and O–H groups in total. The number of unbranched alkanes of at least 4 members (excludes halogenated alkanes) is 2. The number of rotatable bonds is 6. The second-order valence-corrected chi connectivity index (χ2v) is 5.59. The summed E-state index contributed by atoms with van der Waals surface area (Å²) in [6.07, 6.45) is 5.70. The lowest BCUT2D eigenvalue weighted by atomic mass is 10.3. The standard InChI is InChI=1S/C11H16N2OS2/c1-2-3-4-6-15-10-9(8-14)13-5-7-16-11(13)12-10/h5,7,14H,2-4,6,8H2,1H3. The summed E-state index contributed by atoms with van der Waals surface area (Å²) < 4.78 is 1.98. The van der Waals surface area contributed by atoms with Crippen LogP contribution in [0.4, 0.5) is 0 Å². The number of imidazole rings is 1. The fourth-order valence-corrected chi connectivity index (χ4v) is 3.41. The average Bonchev–Trinajstić information content (AvgIpc) is 2.84. The van der Waals surface area contributed by atoms with Crippen molar-refractivity contribution < 1.29 is 5.11 Å². The van der Waals surface area contributed by atoms with Gasteiger partial charge in [-0.05, 0) is 12.2 Å². The molecule has 3 nitrogen and oxygen atoms in total. The van der Waals surface area contributed by atoms with Crippen LogP contribution in [0, 0.1) is 0 Å². The Morgan fingerprint density at radius 1 is 1.50 bits per heavy atom. The summed E-state index contributed by atoms with van der Waals surface area (Å²) in [5.74, 6) is 1.09. The Hall–Kier alpha value is -0.520. The van der Waals surface area contributed by atoms with Gasteiger partial charge in [-0.25, -0.2) is 4.98 Å². The van der Waals surface area contributed by atoms with Gasteiger partial charge in [-0.2, -0.15) is 0 Å². The third-order valence-corrected chi connectivity index (χ3v) is 4.31. The maximum absolute atomic E-state index is 9.36. The summed E-state index contributed by atoms with van der Waals surface area (Å²) in [7, 11) is 0. The zero-order valence-corrected chi connectivity index (χ0v) is 11.0. The zero-order valence-electron chi connectivity index (χ0n) is 9.35. The molecule has 0 aliphatic carbocycles. The summed E-state index contributed by atoms with van der Waals surface area (Å²) in [4.78, 5) is 5.50. The van der Waals surface area contributed by atoms with Gasteiger partial charge >= 0.3 is 0 Å². The number of fused-ring (bicyclic) bond motifs is 1. The summed E-state index contributed by atoms with van der Waals surface area (Å²) >= 11 is 3.37. The number of hydrogen-bond donors (Lipinski definition) is 1. The smallest absolute Gasteiger partial charge is 0.195 e. The molecule has 0 fully saturated rings. The van der Waals surface area contributed by atoms with Crippen molar-refractivity contribution in [3.05, 3.63) is 17.3 Å². The van der Waals surface area contributed by atoms with Gasteiger partial charge in [0.2, 0.25) is 0 Å². The van der Waals surface area contributed by atoms with Crippen LogP contribution in [0.5, 0.6) is 0 Å². The SMILES string of the molecule is CCCCCSc1nc2sccn2c1CO. The normalized spacial score (nSPS) is 11.4. The van der Waals surface area contributed by atoms with Crippen molar-refractivity contribution in [1.29, 1.82) is 0 Å². The number of thiazole rings is 1. The van der Waals surface area contributed by atoms with Crippen LogP contribution in [-0.4, -0.2) is 20.2 Å². The minimum atomic E-state index is 0.0635. The molecular formula is C11H16N2OS2. The van der Waals surface area contributed by atoms with Crippen molar-refractivity contribution in [3.8, 4) is 0 Å². The van der Waals surface area contributed by atoms with Crippen LogP contribution < -0.4 is 0 Å². The summed E-state index contributed by atoms with van der Waals surface area (Å²) in [6.45, 7) is 2.27. The van der Waals surface area contributed by atoms with E-state index in [0.717, 1.165) is 21.4 Å². The maximum Gasteiger partial charge on any atom is 0.195 e. The average molecular weight is 256 g/mol. The highest BCUT2D eigenvalue weighted by atomic mass is 32.2. The molecular weight excluding hydrogens is 240 g/mol. The lowest BCUT2D eigenvalue weighted by Crippen LogP contribution is -1.91. The highest BCUT2D eigenvalue weighted by molar-refractivity contribution is 7.99. The topological polar surface area (TPSA) is 37.5 Å². The number of hydrogen-bond acceptors (Lipinski definition) is 4. The van der Waals surface area contributed by atoms with Gasteiger partial charge in [0.25, 0.3) is 0 Å². The summed E-state index contributed by atoms with van der Waals surface area (Å²) in [6, 6.07) is 0. The quantitative estimate of drug-likeness (QED) is 0.637. The van der Waals surface area contributed by atoms with Gasteiger partial charge in [-0.1, -0.05) is 19.8 Å². The third kappa shape index (κ3) is 2.42. The predicted octanol–water partition coefficient (Wildman–Crippen LogP) is 3.17. The Bertz CT molecular complexity index is 450. The van der Waals surface area contributed by atoms with E-state index in [1.165, 1.54) is 19.3 Å². The van der Waals surface area contributed by atoms with Crippen molar-refractivity contribution in [3.63, 3.8) is 0 Å². The molecule has 0 aliphatic heterocycles. The molecule has 0 unspecified atom stereocenters. The Balaban J connectivity index is 2.07. The van der Waals surface area contributed by atoms with E-state index < -0.39 is 0 Å². The fourth-order valence-electron chi connectivity index (χ4n) is 1.59. The molecule has 5 heteroatoms. The molecule has 2 aromatic heterocycles. The van der Waals surface area contributed by atoms with Crippen molar-refractivity contribution in [2.45, 2.75) is 37.8 Å². The van der Waals surface area contributed by atoms with Crippen LogP contribution >= 0.6 is 23.1 Å². The highest BCUT2D eigenvalue weighted by Gasteiger charge is 2.11. The van der Waals surface area contributed by atoms with E-state index in [1.807, 2.05) is 16.0 Å².